The molecule has 0 atom stereocenters. The third-order valence-electron chi connectivity index (χ3n) is 2.61. The third-order valence-corrected chi connectivity index (χ3v) is 2.61. The standard InChI is InChI=1S/C14H17N3O4/c1-8-15-9-6-7-17(13(19)21-14(2,3)4)11(9)10(16-8)12(18)20-5/h6-7H,1-5H3. The van der Waals surface area contributed by atoms with Crippen molar-refractivity contribution in [1.29, 1.82) is 0 Å². The van der Waals surface area contributed by atoms with Crippen LogP contribution >= 0.6 is 0 Å². The number of fused-ring (bicyclic) bond motifs is 1. The Bertz CT molecular complexity index is 713. The van der Waals surface area contributed by atoms with Crippen molar-refractivity contribution in [1.82, 2.24) is 14.5 Å². The van der Waals surface area contributed by atoms with Gasteiger partial charge in [-0.25, -0.2) is 24.1 Å². The Kier molecular flexibility index (Phi) is 3.67. The first kappa shape index (κ1) is 15.0. The number of hydrogen-bond donors (Lipinski definition) is 0. The molecule has 112 valence electrons. The lowest BCUT2D eigenvalue weighted by atomic mass is 10.2. The largest absolute Gasteiger partial charge is 0.464 e. The Morgan fingerprint density at radius 2 is 1.90 bits per heavy atom. The highest BCUT2D eigenvalue weighted by Gasteiger charge is 2.24. The van der Waals surface area contributed by atoms with Gasteiger partial charge < -0.3 is 9.47 Å². The molecule has 0 aliphatic carbocycles. The van der Waals surface area contributed by atoms with Gasteiger partial charge in [-0.3, -0.25) is 0 Å². The van der Waals surface area contributed by atoms with Gasteiger partial charge in [-0.05, 0) is 33.8 Å². The second-order valence-electron chi connectivity index (χ2n) is 5.51. The van der Waals surface area contributed by atoms with E-state index in [1.807, 2.05) is 0 Å². The molecule has 0 saturated heterocycles. The van der Waals surface area contributed by atoms with Crippen molar-refractivity contribution in [3.63, 3.8) is 0 Å². The average molecular weight is 291 g/mol. The lowest BCUT2D eigenvalue weighted by Crippen LogP contribution is -2.27. The summed E-state index contributed by atoms with van der Waals surface area (Å²) in [6.07, 6.45) is 0.898. The minimum absolute atomic E-state index is 0.0378. The SMILES string of the molecule is COC(=O)c1nc(C)nc2ccn(C(=O)OC(C)(C)C)c12. The second kappa shape index (κ2) is 5.16. The Hall–Kier alpha value is -2.44. The van der Waals surface area contributed by atoms with Gasteiger partial charge in [-0.1, -0.05) is 0 Å². The molecule has 2 rings (SSSR count). The summed E-state index contributed by atoms with van der Waals surface area (Å²) in [4.78, 5) is 32.4. The molecule has 2 aromatic heterocycles. The number of esters is 1. The third kappa shape index (κ3) is 3.01. The number of carbonyl (C=O) groups excluding carboxylic acids is 2. The van der Waals surface area contributed by atoms with E-state index in [1.54, 1.807) is 33.8 Å². The number of aromatic nitrogens is 3. The minimum Gasteiger partial charge on any atom is -0.464 e. The van der Waals surface area contributed by atoms with Crippen molar-refractivity contribution in [2.75, 3.05) is 7.11 Å². The number of rotatable bonds is 1. The molecule has 0 unspecified atom stereocenters. The number of nitrogens with zero attached hydrogens (tertiary/aromatic N) is 3. The molecule has 0 aliphatic rings. The van der Waals surface area contributed by atoms with Crippen LogP contribution in [0.15, 0.2) is 12.3 Å². The van der Waals surface area contributed by atoms with Crippen molar-refractivity contribution < 1.29 is 19.1 Å². The van der Waals surface area contributed by atoms with Gasteiger partial charge in [-0.2, -0.15) is 0 Å². The molecular formula is C14H17N3O4. The van der Waals surface area contributed by atoms with Crippen molar-refractivity contribution in [2.24, 2.45) is 0 Å². The number of aryl methyl sites for hydroxylation is 1. The molecule has 21 heavy (non-hydrogen) atoms. The normalized spacial score (nSPS) is 11.5. The predicted molar refractivity (Wildman–Crippen MR) is 75.2 cm³/mol. The van der Waals surface area contributed by atoms with E-state index in [9.17, 15) is 9.59 Å². The Morgan fingerprint density at radius 1 is 1.24 bits per heavy atom. The first-order valence-corrected chi connectivity index (χ1v) is 6.40. The topological polar surface area (TPSA) is 83.3 Å². The van der Waals surface area contributed by atoms with Crippen LogP contribution in [0.3, 0.4) is 0 Å². The number of methoxy groups -OCH3 is 1. The maximum absolute atomic E-state index is 12.2. The van der Waals surface area contributed by atoms with E-state index in [0.29, 0.717) is 11.3 Å². The summed E-state index contributed by atoms with van der Waals surface area (Å²) in [5.41, 5.74) is 0.149. The summed E-state index contributed by atoms with van der Waals surface area (Å²) in [6, 6.07) is 1.63. The van der Waals surface area contributed by atoms with Crippen LogP contribution in [0, 0.1) is 6.92 Å². The quantitative estimate of drug-likeness (QED) is 0.750. The highest BCUT2D eigenvalue weighted by Crippen LogP contribution is 2.20. The van der Waals surface area contributed by atoms with Crippen LogP contribution < -0.4 is 0 Å². The monoisotopic (exact) mass is 291 g/mol. The Labute approximate surface area is 121 Å². The summed E-state index contributed by atoms with van der Waals surface area (Å²) in [5, 5.41) is 0. The molecule has 0 aromatic carbocycles. The van der Waals surface area contributed by atoms with Crippen LogP contribution in [0.2, 0.25) is 0 Å². The van der Waals surface area contributed by atoms with Gasteiger partial charge in [0.05, 0.1) is 12.6 Å². The van der Waals surface area contributed by atoms with Crippen molar-refractivity contribution in [3.8, 4) is 0 Å². The van der Waals surface area contributed by atoms with Crippen molar-refractivity contribution >= 4 is 23.1 Å². The number of ether oxygens (including phenoxy) is 2. The maximum atomic E-state index is 12.2. The molecule has 7 heteroatoms. The summed E-state index contributed by atoms with van der Waals surface area (Å²) < 4.78 is 11.2. The zero-order valence-electron chi connectivity index (χ0n) is 12.6. The first-order valence-electron chi connectivity index (χ1n) is 6.40. The van der Waals surface area contributed by atoms with Crippen LogP contribution in [0.25, 0.3) is 11.0 Å². The van der Waals surface area contributed by atoms with E-state index in [-0.39, 0.29) is 11.2 Å². The zero-order chi connectivity index (χ0) is 15.8. The molecule has 0 radical (unpaired) electrons. The maximum Gasteiger partial charge on any atom is 0.419 e. The van der Waals surface area contributed by atoms with E-state index in [0.717, 1.165) is 0 Å². The summed E-state index contributed by atoms with van der Waals surface area (Å²) in [7, 11) is 1.26. The van der Waals surface area contributed by atoms with Crippen LogP contribution in [0.4, 0.5) is 4.79 Å². The fraction of sp³-hybridized carbons (Fsp3) is 0.429. The van der Waals surface area contributed by atoms with Crippen molar-refractivity contribution in [3.05, 3.63) is 23.8 Å². The van der Waals surface area contributed by atoms with E-state index in [1.165, 1.54) is 17.9 Å². The van der Waals surface area contributed by atoms with Crippen LogP contribution in [0.5, 0.6) is 0 Å². The molecule has 2 aromatic rings. The fourth-order valence-corrected chi connectivity index (χ4v) is 1.86. The molecule has 0 aliphatic heterocycles. The molecule has 2 heterocycles. The van der Waals surface area contributed by atoms with Gasteiger partial charge in [0.25, 0.3) is 0 Å². The lowest BCUT2D eigenvalue weighted by Gasteiger charge is -2.20. The molecule has 0 spiro atoms. The molecule has 0 saturated carbocycles. The highest BCUT2D eigenvalue weighted by atomic mass is 16.6. The van der Waals surface area contributed by atoms with Gasteiger partial charge in [0.15, 0.2) is 5.69 Å². The van der Waals surface area contributed by atoms with Gasteiger partial charge in [0, 0.05) is 6.20 Å². The average Bonchev–Trinajstić information content (AvgIpc) is 2.78. The molecule has 0 bridgehead atoms. The summed E-state index contributed by atoms with van der Waals surface area (Å²) >= 11 is 0. The fourth-order valence-electron chi connectivity index (χ4n) is 1.86. The summed E-state index contributed by atoms with van der Waals surface area (Å²) in [6.45, 7) is 6.95. The second-order valence-corrected chi connectivity index (χ2v) is 5.51. The lowest BCUT2D eigenvalue weighted by molar-refractivity contribution is 0.0544. The smallest absolute Gasteiger partial charge is 0.419 e. The van der Waals surface area contributed by atoms with E-state index < -0.39 is 17.7 Å². The first-order chi connectivity index (χ1) is 9.73. The van der Waals surface area contributed by atoms with Gasteiger partial charge in [0.1, 0.15) is 16.9 Å². The van der Waals surface area contributed by atoms with Crippen molar-refractivity contribution in [2.45, 2.75) is 33.3 Å². The van der Waals surface area contributed by atoms with Gasteiger partial charge >= 0.3 is 12.1 Å². The Balaban J connectivity index is 2.61. The van der Waals surface area contributed by atoms with E-state index in [2.05, 4.69) is 9.97 Å². The molecule has 7 nitrogen and oxygen atoms in total. The molecular weight excluding hydrogens is 274 g/mol. The molecule has 0 N–H and O–H groups in total. The number of carbonyl (C=O) groups is 2. The molecule has 0 amide bonds. The number of hydrogen-bond acceptors (Lipinski definition) is 6. The van der Waals surface area contributed by atoms with Crippen LogP contribution in [0.1, 0.15) is 37.1 Å². The van der Waals surface area contributed by atoms with Gasteiger partial charge in [-0.15, -0.1) is 0 Å². The summed E-state index contributed by atoms with van der Waals surface area (Å²) in [5.74, 6) is -0.209. The van der Waals surface area contributed by atoms with Crippen LogP contribution in [-0.2, 0) is 9.47 Å². The Morgan fingerprint density at radius 3 is 2.48 bits per heavy atom. The zero-order valence-corrected chi connectivity index (χ0v) is 12.6. The van der Waals surface area contributed by atoms with Gasteiger partial charge in [0.2, 0.25) is 0 Å². The minimum atomic E-state index is -0.648. The predicted octanol–water partition coefficient (Wildman–Crippen LogP) is 2.31. The molecule has 0 fully saturated rings. The highest BCUT2D eigenvalue weighted by molar-refractivity contribution is 6.02. The van der Waals surface area contributed by atoms with E-state index >= 15 is 0 Å². The van der Waals surface area contributed by atoms with E-state index in [4.69, 9.17) is 9.47 Å². The van der Waals surface area contributed by atoms with Crippen LogP contribution in [-0.4, -0.2) is 39.3 Å².